The minimum atomic E-state index is 0.325. The molecule has 2 N–H and O–H groups in total. The van der Waals surface area contributed by atoms with Crippen LogP contribution in [0.4, 0.5) is 0 Å². The summed E-state index contributed by atoms with van der Waals surface area (Å²) >= 11 is 0. The summed E-state index contributed by atoms with van der Waals surface area (Å²) < 4.78 is 2.40. The van der Waals surface area contributed by atoms with Crippen molar-refractivity contribution in [2.75, 3.05) is 7.11 Å². The standard InChI is InChI=1S/C27H27NO.CH4O/c1-3-4-8-20(2)17-18-28-26-16-14-21-9-5-6-12-24(21)25(26)19-27(28)22-10-7-11-23(29)15-13-22;1-2/h3-7,9-12,14-17,19,29H,8,13,18H2,1-2H3;2H,1H3/b4-3-,20-17-;. The monoisotopic (exact) mass is 413 g/mol. The molecule has 160 valence electrons. The maximum Gasteiger partial charge on any atom is 0.111 e. The summed E-state index contributed by atoms with van der Waals surface area (Å²) in [5.41, 5.74) is 5.03. The van der Waals surface area contributed by atoms with Gasteiger partial charge in [0.2, 0.25) is 0 Å². The smallest absolute Gasteiger partial charge is 0.111 e. The van der Waals surface area contributed by atoms with Crippen LogP contribution in [0.3, 0.4) is 0 Å². The largest absolute Gasteiger partial charge is 0.508 e. The van der Waals surface area contributed by atoms with Crippen LogP contribution in [0.5, 0.6) is 0 Å². The van der Waals surface area contributed by atoms with E-state index >= 15 is 0 Å². The van der Waals surface area contributed by atoms with E-state index in [-0.39, 0.29) is 0 Å². The highest BCUT2D eigenvalue weighted by Gasteiger charge is 2.14. The number of aliphatic hydroxyl groups is 2. The van der Waals surface area contributed by atoms with Gasteiger partial charge in [-0.25, -0.2) is 0 Å². The second-order valence-corrected chi connectivity index (χ2v) is 7.57. The molecule has 1 aliphatic rings. The van der Waals surface area contributed by atoms with E-state index in [1.165, 1.54) is 38.5 Å². The Morgan fingerprint density at radius 1 is 1.10 bits per heavy atom. The Kier molecular flexibility index (Phi) is 7.69. The number of hydrogen-bond acceptors (Lipinski definition) is 2. The van der Waals surface area contributed by atoms with Crippen LogP contribution in [-0.4, -0.2) is 21.9 Å². The van der Waals surface area contributed by atoms with Gasteiger partial charge in [0.25, 0.3) is 0 Å². The lowest BCUT2D eigenvalue weighted by Gasteiger charge is -2.11. The highest BCUT2D eigenvalue weighted by atomic mass is 16.3. The molecule has 2 aromatic carbocycles. The van der Waals surface area contributed by atoms with E-state index in [1.807, 2.05) is 12.2 Å². The Hall–Kier alpha value is -3.30. The first kappa shape index (κ1) is 22.4. The zero-order valence-electron chi connectivity index (χ0n) is 18.5. The first-order valence-corrected chi connectivity index (χ1v) is 10.7. The number of aliphatic hydroxyl groups excluding tert-OH is 2. The molecule has 4 rings (SSSR count). The topological polar surface area (TPSA) is 45.4 Å². The predicted molar refractivity (Wildman–Crippen MR) is 133 cm³/mol. The van der Waals surface area contributed by atoms with Crippen LogP contribution in [-0.2, 0) is 6.54 Å². The molecule has 3 heteroatoms. The highest BCUT2D eigenvalue weighted by molar-refractivity contribution is 6.08. The molecule has 3 nitrogen and oxygen atoms in total. The zero-order chi connectivity index (χ0) is 22.2. The number of allylic oxidation sites excluding steroid dienone is 9. The molecule has 1 aliphatic carbocycles. The van der Waals surface area contributed by atoms with E-state index < -0.39 is 0 Å². The normalized spacial score (nSPS) is 14.4. The van der Waals surface area contributed by atoms with Crippen molar-refractivity contribution in [1.82, 2.24) is 4.57 Å². The van der Waals surface area contributed by atoms with E-state index in [1.54, 1.807) is 6.08 Å². The van der Waals surface area contributed by atoms with Crippen molar-refractivity contribution in [2.24, 2.45) is 0 Å². The lowest BCUT2D eigenvalue weighted by Crippen LogP contribution is -2.01. The third-order valence-electron chi connectivity index (χ3n) is 5.53. The lowest BCUT2D eigenvalue weighted by atomic mass is 10.1. The summed E-state index contributed by atoms with van der Waals surface area (Å²) in [5, 5.41) is 20.7. The summed E-state index contributed by atoms with van der Waals surface area (Å²) in [6, 6.07) is 15.3. The summed E-state index contributed by atoms with van der Waals surface area (Å²) in [7, 11) is 1.00. The van der Waals surface area contributed by atoms with Gasteiger partial charge in [-0.05, 0) is 67.3 Å². The van der Waals surface area contributed by atoms with Crippen molar-refractivity contribution in [3.63, 3.8) is 0 Å². The SMILES string of the molecule is C/C=C\C/C(C)=C\Cn1c(C2=CC=CC(O)=CC2)cc2c3ccccc3ccc21.CO. The molecule has 0 amide bonds. The van der Waals surface area contributed by atoms with Crippen molar-refractivity contribution < 1.29 is 10.2 Å². The van der Waals surface area contributed by atoms with E-state index in [0.29, 0.717) is 12.2 Å². The van der Waals surface area contributed by atoms with Crippen molar-refractivity contribution >= 4 is 27.2 Å². The fourth-order valence-corrected chi connectivity index (χ4v) is 3.92. The number of fused-ring (bicyclic) bond motifs is 3. The van der Waals surface area contributed by atoms with Crippen molar-refractivity contribution in [3.05, 3.63) is 102 Å². The van der Waals surface area contributed by atoms with Gasteiger partial charge >= 0.3 is 0 Å². The van der Waals surface area contributed by atoms with Gasteiger partial charge in [-0.15, -0.1) is 0 Å². The summed E-state index contributed by atoms with van der Waals surface area (Å²) in [4.78, 5) is 0. The Balaban J connectivity index is 0.00000132. The maximum atomic E-state index is 9.88. The van der Waals surface area contributed by atoms with E-state index in [0.717, 1.165) is 20.1 Å². The molecule has 1 heterocycles. The van der Waals surface area contributed by atoms with Crippen LogP contribution in [0.2, 0.25) is 0 Å². The number of aromatic nitrogens is 1. The Morgan fingerprint density at radius 3 is 2.71 bits per heavy atom. The third kappa shape index (κ3) is 5.07. The van der Waals surface area contributed by atoms with Gasteiger partial charge in [0.15, 0.2) is 0 Å². The molecule has 0 saturated carbocycles. The quantitative estimate of drug-likeness (QED) is 0.438. The molecule has 0 atom stereocenters. The summed E-state index contributed by atoms with van der Waals surface area (Å²) in [6.45, 7) is 5.08. The second-order valence-electron chi connectivity index (χ2n) is 7.57. The Labute approximate surface area is 184 Å². The molecule has 0 saturated heterocycles. The van der Waals surface area contributed by atoms with Crippen molar-refractivity contribution in [3.8, 4) is 0 Å². The van der Waals surface area contributed by atoms with Crippen molar-refractivity contribution in [2.45, 2.75) is 33.2 Å². The fraction of sp³-hybridized carbons (Fsp3) is 0.214. The van der Waals surface area contributed by atoms with Gasteiger partial charge in [-0.1, -0.05) is 66.3 Å². The molecular weight excluding hydrogens is 382 g/mol. The van der Waals surface area contributed by atoms with E-state index in [9.17, 15) is 5.11 Å². The first-order valence-electron chi connectivity index (χ1n) is 10.7. The lowest BCUT2D eigenvalue weighted by molar-refractivity contribution is 0.399. The maximum absolute atomic E-state index is 9.88. The van der Waals surface area contributed by atoms with Crippen LogP contribution in [0.1, 0.15) is 32.4 Å². The predicted octanol–water partition coefficient (Wildman–Crippen LogP) is 7.10. The molecule has 0 fully saturated rings. The molecule has 0 unspecified atom stereocenters. The van der Waals surface area contributed by atoms with Crippen molar-refractivity contribution in [1.29, 1.82) is 0 Å². The van der Waals surface area contributed by atoms with Gasteiger partial charge in [0, 0.05) is 30.3 Å². The molecule has 1 aromatic heterocycles. The van der Waals surface area contributed by atoms with Crippen LogP contribution in [0.15, 0.2) is 96.3 Å². The highest BCUT2D eigenvalue weighted by Crippen LogP contribution is 2.33. The Morgan fingerprint density at radius 2 is 1.90 bits per heavy atom. The fourth-order valence-electron chi connectivity index (χ4n) is 3.92. The minimum absolute atomic E-state index is 0.325. The summed E-state index contributed by atoms with van der Waals surface area (Å²) in [5.74, 6) is 0.325. The van der Waals surface area contributed by atoms with Gasteiger partial charge in [0.1, 0.15) is 5.76 Å². The van der Waals surface area contributed by atoms with E-state index in [2.05, 4.69) is 85.2 Å². The average Bonchev–Trinajstić information content (AvgIpc) is 3.04. The zero-order valence-corrected chi connectivity index (χ0v) is 18.5. The molecule has 3 aromatic rings. The first-order chi connectivity index (χ1) is 15.2. The van der Waals surface area contributed by atoms with Gasteiger partial charge in [-0.2, -0.15) is 0 Å². The number of nitrogens with zero attached hydrogens (tertiary/aromatic N) is 1. The van der Waals surface area contributed by atoms with E-state index in [4.69, 9.17) is 5.11 Å². The number of rotatable bonds is 5. The molecule has 0 bridgehead atoms. The Bertz CT molecular complexity index is 1200. The van der Waals surface area contributed by atoms with Crippen LogP contribution >= 0.6 is 0 Å². The number of hydrogen-bond donors (Lipinski definition) is 2. The van der Waals surface area contributed by atoms with Crippen LogP contribution < -0.4 is 0 Å². The third-order valence-corrected chi connectivity index (χ3v) is 5.53. The minimum Gasteiger partial charge on any atom is -0.508 e. The molecule has 0 spiro atoms. The average molecular weight is 414 g/mol. The molecule has 0 radical (unpaired) electrons. The van der Waals surface area contributed by atoms with Gasteiger partial charge in [0.05, 0.1) is 0 Å². The molecule has 0 aliphatic heterocycles. The van der Waals surface area contributed by atoms with Gasteiger partial charge in [-0.3, -0.25) is 0 Å². The second kappa shape index (κ2) is 10.6. The van der Waals surface area contributed by atoms with Crippen LogP contribution in [0.25, 0.3) is 27.2 Å². The van der Waals surface area contributed by atoms with Crippen LogP contribution in [0, 0.1) is 0 Å². The number of benzene rings is 2. The molecule has 31 heavy (non-hydrogen) atoms. The summed E-state index contributed by atoms with van der Waals surface area (Å²) in [6.07, 6.45) is 16.0. The molecular formula is C28H31NO2. The van der Waals surface area contributed by atoms with Gasteiger partial charge < -0.3 is 14.8 Å².